The molecular weight excluding hydrogens is 439 g/mol. The Morgan fingerprint density at radius 3 is 2.52 bits per heavy atom. The van der Waals surface area contributed by atoms with Gasteiger partial charge in [0.05, 0.1) is 18.8 Å². The van der Waals surface area contributed by atoms with Crippen molar-refractivity contribution < 1.29 is 17.9 Å². The fraction of sp³-hybridized carbons (Fsp3) is 0.333. The van der Waals surface area contributed by atoms with Crippen molar-refractivity contribution in [2.24, 2.45) is 0 Å². The van der Waals surface area contributed by atoms with Crippen LogP contribution in [0.25, 0.3) is 21.6 Å². The van der Waals surface area contributed by atoms with Gasteiger partial charge in [-0.3, -0.25) is 0 Å². The van der Waals surface area contributed by atoms with E-state index in [-0.39, 0.29) is 0 Å². The maximum absolute atomic E-state index is 13.3. The Kier molecular flexibility index (Phi) is 5.86. The van der Waals surface area contributed by atoms with Crippen LogP contribution in [-0.2, 0) is 17.5 Å². The first-order valence-corrected chi connectivity index (χ1v) is 12.0. The molecule has 0 bridgehead atoms. The van der Waals surface area contributed by atoms with Gasteiger partial charge in [-0.15, -0.1) is 11.3 Å². The smallest absolute Gasteiger partial charge is 0.375 e. The van der Waals surface area contributed by atoms with Gasteiger partial charge in [0.1, 0.15) is 0 Å². The van der Waals surface area contributed by atoms with Crippen LogP contribution in [0, 0.1) is 0 Å². The number of hydrogen-bond donors (Lipinski definition) is 0. The van der Waals surface area contributed by atoms with Crippen LogP contribution in [0.15, 0.2) is 58.3 Å². The van der Waals surface area contributed by atoms with E-state index in [4.69, 9.17) is 4.74 Å². The topological polar surface area (TPSA) is 12.5 Å². The Hall–Kier alpha value is -1.80. The molecule has 3 aromatic rings. The van der Waals surface area contributed by atoms with Crippen LogP contribution < -0.4 is 0 Å². The van der Waals surface area contributed by atoms with Gasteiger partial charge in [-0.1, -0.05) is 36.0 Å². The number of likely N-dealkylation sites (tertiary alicyclic amines) is 1. The van der Waals surface area contributed by atoms with Crippen LogP contribution in [0.4, 0.5) is 13.2 Å². The van der Waals surface area contributed by atoms with Crippen molar-refractivity contribution in [3.05, 3.63) is 59.0 Å². The molecule has 2 aliphatic heterocycles. The SMILES string of the molecule is FC(F)(F)c1ccc2c(c1)Sc1ccccc1-c1cc(COCCN3CCCC3)sc1-2. The summed E-state index contributed by atoms with van der Waals surface area (Å²) in [6.07, 6.45) is -1.82. The molecule has 162 valence electrons. The first kappa shape index (κ1) is 21.1. The molecule has 2 aromatic carbocycles. The van der Waals surface area contributed by atoms with Gasteiger partial charge in [0, 0.05) is 37.2 Å². The number of benzene rings is 2. The Bertz CT molecular complexity index is 1090. The second-order valence-corrected chi connectivity index (χ2v) is 10.1. The molecule has 1 saturated heterocycles. The highest BCUT2D eigenvalue weighted by Crippen LogP contribution is 2.52. The van der Waals surface area contributed by atoms with Crippen LogP contribution in [0.2, 0.25) is 0 Å². The third kappa shape index (κ3) is 4.42. The minimum Gasteiger partial charge on any atom is -0.375 e. The number of ether oxygens (including phenoxy) is 1. The second-order valence-electron chi connectivity index (χ2n) is 7.86. The van der Waals surface area contributed by atoms with Crippen LogP contribution in [0.3, 0.4) is 0 Å². The number of alkyl halides is 3. The zero-order valence-electron chi connectivity index (χ0n) is 16.9. The average Bonchev–Trinajstić information content (AvgIpc) is 3.39. The lowest BCUT2D eigenvalue weighted by molar-refractivity contribution is -0.137. The highest BCUT2D eigenvalue weighted by molar-refractivity contribution is 7.99. The molecule has 0 aliphatic carbocycles. The summed E-state index contributed by atoms with van der Waals surface area (Å²) < 4.78 is 45.9. The van der Waals surface area contributed by atoms with Gasteiger partial charge >= 0.3 is 6.18 Å². The molecule has 3 heterocycles. The molecular formula is C24H22F3NOS2. The van der Waals surface area contributed by atoms with E-state index in [2.05, 4.69) is 11.0 Å². The van der Waals surface area contributed by atoms with E-state index in [1.807, 2.05) is 24.3 Å². The Morgan fingerprint density at radius 2 is 1.71 bits per heavy atom. The summed E-state index contributed by atoms with van der Waals surface area (Å²) in [5.41, 5.74) is 2.39. The summed E-state index contributed by atoms with van der Waals surface area (Å²) >= 11 is 3.02. The third-order valence-corrected chi connectivity index (χ3v) is 8.00. The van der Waals surface area contributed by atoms with Gasteiger partial charge in [-0.2, -0.15) is 13.2 Å². The highest BCUT2D eigenvalue weighted by Gasteiger charge is 2.32. The molecule has 5 rings (SSSR count). The fourth-order valence-corrected chi connectivity index (χ4v) is 6.50. The molecule has 2 aliphatic rings. The summed E-state index contributed by atoms with van der Waals surface area (Å²) in [4.78, 5) is 6.15. The summed E-state index contributed by atoms with van der Waals surface area (Å²) in [6.45, 7) is 4.48. The zero-order chi connectivity index (χ0) is 21.4. The zero-order valence-corrected chi connectivity index (χ0v) is 18.5. The van der Waals surface area contributed by atoms with Crippen molar-refractivity contribution in [2.75, 3.05) is 26.2 Å². The lowest BCUT2D eigenvalue weighted by Crippen LogP contribution is -2.23. The van der Waals surface area contributed by atoms with Gasteiger partial charge in [-0.05, 0) is 55.8 Å². The molecule has 0 spiro atoms. The van der Waals surface area contributed by atoms with E-state index < -0.39 is 11.7 Å². The number of halogens is 3. The van der Waals surface area contributed by atoms with Crippen LogP contribution >= 0.6 is 23.1 Å². The van der Waals surface area contributed by atoms with Gasteiger partial charge in [-0.25, -0.2) is 0 Å². The fourth-order valence-electron chi connectivity index (χ4n) is 4.15. The van der Waals surface area contributed by atoms with Crippen molar-refractivity contribution in [3.63, 3.8) is 0 Å². The summed E-state index contributed by atoms with van der Waals surface area (Å²) in [6, 6.07) is 14.1. The minimum absolute atomic E-state index is 0.525. The number of thiophene rings is 1. The summed E-state index contributed by atoms with van der Waals surface area (Å²) in [5.74, 6) is 0. The second kappa shape index (κ2) is 8.62. The van der Waals surface area contributed by atoms with E-state index >= 15 is 0 Å². The number of fused-ring (bicyclic) bond motifs is 5. The van der Waals surface area contributed by atoms with E-state index in [1.54, 1.807) is 17.4 Å². The molecule has 0 atom stereocenters. The van der Waals surface area contributed by atoms with Crippen molar-refractivity contribution in [1.82, 2.24) is 4.90 Å². The monoisotopic (exact) mass is 461 g/mol. The largest absolute Gasteiger partial charge is 0.416 e. The first-order chi connectivity index (χ1) is 15.0. The quantitative estimate of drug-likeness (QED) is 0.292. The molecule has 0 saturated carbocycles. The molecule has 0 N–H and O–H groups in total. The molecule has 2 nitrogen and oxygen atoms in total. The lowest BCUT2D eigenvalue weighted by Gasteiger charge is -2.13. The molecule has 0 amide bonds. The van der Waals surface area contributed by atoms with Gasteiger partial charge in [0.15, 0.2) is 0 Å². The normalized spacial score (nSPS) is 16.0. The molecule has 31 heavy (non-hydrogen) atoms. The Balaban J connectivity index is 1.45. The standard InChI is InChI=1S/C24H22F3NOS2/c25-24(26,27)16-7-8-19-22(13-16)31-21-6-2-1-5-18(21)20-14-17(30-23(19)20)15-29-12-11-28-9-3-4-10-28/h1-2,5-8,13-14H,3-4,9-12,15H2. The van der Waals surface area contributed by atoms with E-state index in [9.17, 15) is 13.2 Å². The first-order valence-electron chi connectivity index (χ1n) is 10.4. The molecule has 0 unspecified atom stereocenters. The Morgan fingerprint density at radius 1 is 0.903 bits per heavy atom. The van der Waals surface area contributed by atoms with Crippen LogP contribution in [0.5, 0.6) is 0 Å². The molecule has 7 heteroatoms. The molecule has 0 radical (unpaired) electrons. The number of hydrogen-bond acceptors (Lipinski definition) is 4. The van der Waals surface area contributed by atoms with Crippen molar-refractivity contribution in [2.45, 2.75) is 35.4 Å². The third-order valence-electron chi connectivity index (χ3n) is 5.73. The van der Waals surface area contributed by atoms with Crippen LogP contribution in [0.1, 0.15) is 23.3 Å². The van der Waals surface area contributed by atoms with Crippen molar-refractivity contribution in [3.8, 4) is 21.6 Å². The van der Waals surface area contributed by atoms with Crippen LogP contribution in [-0.4, -0.2) is 31.1 Å². The summed E-state index contributed by atoms with van der Waals surface area (Å²) in [7, 11) is 0. The van der Waals surface area contributed by atoms with E-state index in [0.717, 1.165) is 51.0 Å². The van der Waals surface area contributed by atoms with Gasteiger partial charge in [0.2, 0.25) is 0 Å². The Labute approximate surface area is 188 Å². The van der Waals surface area contributed by atoms with Gasteiger partial charge < -0.3 is 9.64 Å². The molecule has 1 fully saturated rings. The average molecular weight is 462 g/mol. The van der Waals surface area contributed by atoms with E-state index in [1.165, 1.54) is 36.7 Å². The maximum atomic E-state index is 13.3. The molecule has 1 aromatic heterocycles. The lowest BCUT2D eigenvalue weighted by atomic mass is 10.0. The predicted octanol–water partition coefficient (Wildman–Crippen LogP) is 7.18. The van der Waals surface area contributed by atoms with Gasteiger partial charge in [0.25, 0.3) is 0 Å². The predicted molar refractivity (Wildman–Crippen MR) is 120 cm³/mol. The number of nitrogens with zero attached hydrogens (tertiary/aromatic N) is 1. The van der Waals surface area contributed by atoms with Crippen molar-refractivity contribution in [1.29, 1.82) is 0 Å². The van der Waals surface area contributed by atoms with Crippen molar-refractivity contribution >= 4 is 23.1 Å². The number of rotatable bonds is 5. The highest BCUT2D eigenvalue weighted by atomic mass is 32.2. The maximum Gasteiger partial charge on any atom is 0.416 e. The summed E-state index contributed by atoms with van der Waals surface area (Å²) in [5, 5.41) is 0. The van der Waals surface area contributed by atoms with E-state index in [0.29, 0.717) is 18.1 Å². The minimum atomic E-state index is -4.35.